The van der Waals surface area contributed by atoms with Crippen molar-refractivity contribution in [3.05, 3.63) is 28.2 Å². The fourth-order valence-corrected chi connectivity index (χ4v) is 2.39. The second-order valence-electron chi connectivity index (χ2n) is 2.46. The van der Waals surface area contributed by atoms with Crippen LogP contribution in [0.2, 0.25) is 10.0 Å². The normalized spacial score (nSPS) is 12.4. The minimum atomic E-state index is -1.62. The molecule has 0 aromatic heterocycles. The average molecular weight is 253 g/mol. The second-order valence-corrected chi connectivity index (χ2v) is 4.72. The minimum absolute atomic E-state index is 0.220. The molecule has 0 radical (unpaired) electrons. The quantitative estimate of drug-likeness (QED) is 0.898. The van der Waals surface area contributed by atoms with Gasteiger partial charge >= 0.3 is 5.97 Å². The van der Waals surface area contributed by atoms with Gasteiger partial charge in [-0.1, -0.05) is 23.2 Å². The minimum Gasteiger partial charge on any atom is -0.481 e. The van der Waals surface area contributed by atoms with Crippen molar-refractivity contribution >= 4 is 40.0 Å². The summed E-state index contributed by atoms with van der Waals surface area (Å²) in [5.74, 6) is -1.59. The first-order valence-corrected chi connectivity index (χ1v) is 5.63. The smallest absolute Gasteiger partial charge is 0.316 e. The van der Waals surface area contributed by atoms with E-state index in [1.165, 1.54) is 18.2 Å². The lowest BCUT2D eigenvalue weighted by atomic mass is 10.4. The summed E-state index contributed by atoms with van der Waals surface area (Å²) in [7, 11) is -1.62. The van der Waals surface area contributed by atoms with E-state index in [2.05, 4.69) is 0 Å². The Labute approximate surface area is 93.1 Å². The van der Waals surface area contributed by atoms with Crippen molar-refractivity contribution in [3.8, 4) is 0 Å². The standard InChI is InChI=1S/C8H6Cl2O3S/c9-5-1-2-7(6(10)3-5)14(13)4-8(11)12/h1-3H,4H2,(H,11,12). The number of aliphatic carboxylic acids is 1. The van der Waals surface area contributed by atoms with Gasteiger partial charge in [0.05, 0.1) is 20.7 Å². The molecule has 0 aliphatic rings. The first-order valence-electron chi connectivity index (χ1n) is 3.56. The molecule has 1 N–H and O–H groups in total. The second kappa shape index (κ2) is 4.77. The zero-order valence-electron chi connectivity index (χ0n) is 6.87. The molecule has 1 atom stereocenters. The number of hydrogen-bond acceptors (Lipinski definition) is 2. The van der Waals surface area contributed by atoms with Gasteiger partial charge in [-0.05, 0) is 18.2 Å². The van der Waals surface area contributed by atoms with Crippen LogP contribution in [0.1, 0.15) is 0 Å². The van der Waals surface area contributed by atoms with Crippen molar-refractivity contribution in [1.29, 1.82) is 0 Å². The highest BCUT2D eigenvalue weighted by atomic mass is 35.5. The van der Waals surface area contributed by atoms with Gasteiger partial charge in [0, 0.05) is 5.02 Å². The summed E-state index contributed by atoms with van der Waals surface area (Å²) in [4.78, 5) is 10.6. The van der Waals surface area contributed by atoms with Crippen LogP contribution in [0, 0.1) is 0 Å². The maximum absolute atomic E-state index is 11.4. The van der Waals surface area contributed by atoms with Crippen LogP contribution >= 0.6 is 23.2 Å². The van der Waals surface area contributed by atoms with E-state index in [0.717, 1.165) is 0 Å². The third-order valence-corrected chi connectivity index (χ3v) is 3.41. The number of carboxylic acid groups (broad SMARTS) is 1. The molecule has 0 saturated heterocycles. The van der Waals surface area contributed by atoms with Crippen LogP contribution in [0.4, 0.5) is 0 Å². The molecule has 0 saturated carbocycles. The molecule has 3 nitrogen and oxygen atoms in total. The van der Waals surface area contributed by atoms with Gasteiger partial charge < -0.3 is 5.11 Å². The molecule has 0 bridgehead atoms. The third-order valence-electron chi connectivity index (χ3n) is 1.39. The Morgan fingerprint density at radius 1 is 1.43 bits per heavy atom. The highest BCUT2D eigenvalue weighted by Gasteiger charge is 2.12. The summed E-state index contributed by atoms with van der Waals surface area (Å²) >= 11 is 11.4. The fraction of sp³-hybridized carbons (Fsp3) is 0.125. The summed E-state index contributed by atoms with van der Waals surface area (Å²) in [5.41, 5.74) is 0. The van der Waals surface area contributed by atoms with E-state index in [1.807, 2.05) is 0 Å². The first kappa shape index (κ1) is 11.5. The Morgan fingerprint density at radius 2 is 2.07 bits per heavy atom. The van der Waals surface area contributed by atoms with Crippen molar-refractivity contribution in [2.45, 2.75) is 4.90 Å². The van der Waals surface area contributed by atoms with Crippen LogP contribution in [0.5, 0.6) is 0 Å². The molecule has 76 valence electrons. The van der Waals surface area contributed by atoms with Crippen LogP contribution in [0.3, 0.4) is 0 Å². The predicted octanol–water partition coefficient (Wildman–Crippen LogP) is 2.19. The topological polar surface area (TPSA) is 54.4 Å². The lowest BCUT2D eigenvalue weighted by Gasteiger charge is -2.02. The van der Waals surface area contributed by atoms with Gasteiger partial charge in [0.15, 0.2) is 0 Å². The van der Waals surface area contributed by atoms with E-state index in [4.69, 9.17) is 28.3 Å². The summed E-state index contributed by atoms with van der Waals surface area (Å²) < 4.78 is 11.4. The van der Waals surface area contributed by atoms with Crippen molar-refractivity contribution in [2.24, 2.45) is 0 Å². The van der Waals surface area contributed by atoms with E-state index < -0.39 is 22.5 Å². The van der Waals surface area contributed by atoms with Gasteiger partial charge in [-0.15, -0.1) is 0 Å². The summed E-state index contributed by atoms with van der Waals surface area (Å²) in [5, 5.41) is 9.07. The van der Waals surface area contributed by atoms with E-state index in [9.17, 15) is 9.00 Å². The third kappa shape index (κ3) is 2.97. The Morgan fingerprint density at radius 3 is 2.57 bits per heavy atom. The van der Waals surface area contributed by atoms with Crippen molar-refractivity contribution < 1.29 is 14.1 Å². The number of benzene rings is 1. The molecular formula is C8H6Cl2O3S. The highest BCUT2D eigenvalue weighted by Crippen LogP contribution is 2.23. The van der Waals surface area contributed by atoms with Gasteiger partial charge in [0.25, 0.3) is 0 Å². The Balaban J connectivity index is 2.96. The Kier molecular flexibility index (Phi) is 3.92. The average Bonchev–Trinajstić information content (AvgIpc) is 2.01. The number of halogens is 2. The molecule has 0 aliphatic heterocycles. The summed E-state index contributed by atoms with van der Waals surface area (Å²) in [6.07, 6.45) is 0. The van der Waals surface area contributed by atoms with Gasteiger partial charge in [0.2, 0.25) is 0 Å². The van der Waals surface area contributed by atoms with Crippen molar-refractivity contribution in [2.75, 3.05) is 5.75 Å². The van der Waals surface area contributed by atoms with Crippen LogP contribution in [0.15, 0.2) is 23.1 Å². The lowest BCUT2D eigenvalue weighted by Crippen LogP contribution is -2.09. The molecule has 1 aromatic rings. The van der Waals surface area contributed by atoms with Crippen LogP contribution in [-0.4, -0.2) is 21.0 Å². The Bertz CT molecular complexity index is 392. The molecule has 0 spiro atoms. The molecular weight excluding hydrogens is 247 g/mol. The van der Waals surface area contributed by atoms with Crippen LogP contribution < -0.4 is 0 Å². The van der Waals surface area contributed by atoms with E-state index in [-0.39, 0.29) is 5.02 Å². The molecule has 14 heavy (non-hydrogen) atoms. The van der Waals surface area contributed by atoms with E-state index >= 15 is 0 Å². The fourth-order valence-electron chi connectivity index (χ4n) is 0.850. The Hall–Kier alpha value is -0.580. The number of rotatable bonds is 3. The molecule has 1 aromatic carbocycles. The van der Waals surface area contributed by atoms with Gasteiger partial charge in [-0.25, -0.2) is 0 Å². The first-order chi connectivity index (χ1) is 6.50. The predicted molar refractivity (Wildman–Crippen MR) is 55.4 cm³/mol. The SMILES string of the molecule is O=C(O)CS(=O)c1ccc(Cl)cc1Cl. The lowest BCUT2D eigenvalue weighted by molar-refractivity contribution is -0.133. The molecule has 0 fully saturated rings. The monoisotopic (exact) mass is 252 g/mol. The van der Waals surface area contributed by atoms with E-state index in [1.54, 1.807) is 0 Å². The van der Waals surface area contributed by atoms with Crippen molar-refractivity contribution in [1.82, 2.24) is 0 Å². The molecule has 0 amide bonds. The maximum atomic E-state index is 11.4. The van der Waals surface area contributed by atoms with Gasteiger partial charge in [-0.2, -0.15) is 0 Å². The number of hydrogen-bond donors (Lipinski definition) is 1. The largest absolute Gasteiger partial charge is 0.481 e. The maximum Gasteiger partial charge on any atom is 0.316 e. The van der Waals surface area contributed by atoms with Gasteiger partial charge in [0.1, 0.15) is 5.75 Å². The highest BCUT2D eigenvalue weighted by molar-refractivity contribution is 7.85. The zero-order chi connectivity index (χ0) is 10.7. The number of carboxylic acids is 1. The van der Waals surface area contributed by atoms with Crippen molar-refractivity contribution in [3.63, 3.8) is 0 Å². The van der Waals surface area contributed by atoms with Crippen LogP contribution in [0.25, 0.3) is 0 Å². The molecule has 1 rings (SSSR count). The number of carbonyl (C=O) groups is 1. The zero-order valence-corrected chi connectivity index (χ0v) is 9.20. The van der Waals surface area contributed by atoms with Gasteiger partial charge in [-0.3, -0.25) is 9.00 Å². The van der Waals surface area contributed by atoms with E-state index in [0.29, 0.717) is 9.92 Å². The molecule has 6 heteroatoms. The summed E-state index contributed by atoms with van der Waals surface area (Å²) in [6, 6.07) is 4.41. The molecule has 0 aliphatic carbocycles. The summed E-state index contributed by atoms with van der Waals surface area (Å²) in [6.45, 7) is 0. The molecule has 0 heterocycles. The molecule has 1 unspecified atom stereocenters. The van der Waals surface area contributed by atoms with Crippen LogP contribution in [-0.2, 0) is 15.6 Å².